The minimum absolute atomic E-state index is 0.109. The molecule has 1 aromatic heterocycles. The number of aliphatic hydroxyl groups is 2. The molecule has 3 rings (SSSR count). The Morgan fingerprint density at radius 3 is 2.61 bits per heavy atom. The van der Waals surface area contributed by atoms with Gasteiger partial charge in [-0.15, -0.1) is 11.3 Å². The highest BCUT2D eigenvalue weighted by Crippen LogP contribution is 2.28. The van der Waals surface area contributed by atoms with E-state index in [2.05, 4.69) is 10.3 Å². The van der Waals surface area contributed by atoms with E-state index in [4.69, 9.17) is 5.73 Å². The Balaban J connectivity index is 1.63. The molecule has 0 bridgehead atoms. The number of aromatic nitrogens is 1. The Hall–Kier alpha value is -2.33. The molecule has 1 unspecified atom stereocenters. The second kappa shape index (κ2) is 9.44. The normalized spacial score (nSPS) is 20.0. The number of nitrogens with zero attached hydrogens (tertiary/aromatic N) is 2. The van der Waals surface area contributed by atoms with E-state index < -0.39 is 23.6 Å². The topological polar surface area (TPSA) is 129 Å². The van der Waals surface area contributed by atoms with Crippen LogP contribution in [0, 0.1) is 5.41 Å². The van der Waals surface area contributed by atoms with Gasteiger partial charge in [-0.1, -0.05) is 45.0 Å². The van der Waals surface area contributed by atoms with Crippen molar-refractivity contribution in [2.45, 2.75) is 58.5 Å². The molecule has 8 nitrogen and oxygen atoms in total. The summed E-state index contributed by atoms with van der Waals surface area (Å²) in [6.07, 6.45) is -0.547. The lowest BCUT2D eigenvalue weighted by Gasteiger charge is -2.32. The van der Waals surface area contributed by atoms with Gasteiger partial charge in [0.15, 0.2) is 0 Å². The van der Waals surface area contributed by atoms with Gasteiger partial charge in [0.25, 0.3) is 0 Å². The molecule has 1 saturated heterocycles. The first-order chi connectivity index (χ1) is 14.6. The second-order valence-electron chi connectivity index (χ2n) is 8.94. The van der Waals surface area contributed by atoms with Gasteiger partial charge in [0.05, 0.1) is 34.8 Å². The van der Waals surface area contributed by atoms with E-state index in [0.29, 0.717) is 12.2 Å². The molecule has 0 spiro atoms. The van der Waals surface area contributed by atoms with Crippen LogP contribution in [0.25, 0.3) is 10.4 Å². The van der Waals surface area contributed by atoms with Crippen LogP contribution in [0.1, 0.15) is 38.4 Å². The van der Waals surface area contributed by atoms with Gasteiger partial charge in [-0.2, -0.15) is 0 Å². The van der Waals surface area contributed by atoms with Crippen molar-refractivity contribution in [3.63, 3.8) is 0 Å². The number of thiazole rings is 1. The molecule has 0 radical (unpaired) electrons. The first-order valence-electron chi connectivity index (χ1n) is 10.3. The van der Waals surface area contributed by atoms with Gasteiger partial charge in [0, 0.05) is 19.5 Å². The fourth-order valence-electron chi connectivity index (χ4n) is 3.55. The summed E-state index contributed by atoms with van der Waals surface area (Å²) in [5, 5.41) is 22.3. The van der Waals surface area contributed by atoms with Crippen LogP contribution in [0.15, 0.2) is 29.8 Å². The van der Waals surface area contributed by atoms with Gasteiger partial charge < -0.3 is 26.2 Å². The van der Waals surface area contributed by atoms with Gasteiger partial charge >= 0.3 is 0 Å². The van der Waals surface area contributed by atoms with Crippen molar-refractivity contribution in [3.05, 3.63) is 41.0 Å². The molecular weight excluding hydrogens is 416 g/mol. The van der Waals surface area contributed by atoms with Crippen molar-refractivity contribution in [3.8, 4) is 10.4 Å². The number of amides is 2. The van der Waals surface area contributed by atoms with Crippen LogP contribution in [0.3, 0.4) is 0 Å². The maximum Gasteiger partial charge on any atom is 0.243 e. The highest BCUT2D eigenvalue weighted by Gasteiger charge is 2.42. The Kier molecular flexibility index (Phi) is 7.10. The summed E-state index contributed by atoms with van der Waals surface area (Å²) in [7, 11) is 0. The largest absolute Gasteiger partial charge is 0.391 e. The quantitative estimate of drug-likeness (QED) is 0.529. The van der Waals surface area contributed by atoms with Crippen LogP contribution in [0.4, 0.5) is 0 Å². The van der Waals surface area contributed by atoms with Crippen LogP contribution in [-0.2, 0) is 22.7 Å². The second-order valence-corrected chi connectivity index (χ2v) is 9.80. The molecule has 2 amide bonds. The van der Waals surface area contributed by atoms with Crippen LogP contribution in [0.5, 0.6) is 0 Å². The Bertz CT molecular complexity index is 922. The molecule has 31 heavy (non-hydrogen) atoms. The fourth-order valence-corrected chi connectivity index (χ4v) is 4.36. The molecule has 1 aliphatic rings. The Morgan fingerprint density at radius 1 is 1.32 bits per heavy atom. The van der Waals surface area contributed by atoms with E-state index >= 15 is 0 Å². The smallest absolute Gasteiger partial charge is 0.243 e. The minimum atomic E-state index is -0.754. The average Bonchev–Trinajstić information content (AvgIpc) is 3.37. The van der Waals surface area contributed by atoms with Crippen molar-refractivity contribution < 1.29 is 19.8 Å². The number of carbonyl (C=O) groups is 2. The maximum absolute atomic E-state index is 12.8. The summed E-state index contributed by atoms with van der Waals surface area (Å²) >= 11 is 1.46. The molecule has 1 aliphatic heterocycles. The monoisotopic (exact) mass is 446 g/mol. The van der Waals surface area contributed by atoms with Gasteiger partial charge in [-0.3, -0.25) is 9.59 Å². The van der Waals surface area contributed by atoms with E-state index in [0.717, 1.165) is 16.0 Å². The molecule has 2 aromatic rings. The summed E-state index contributed by atoms with van der Waals surface area (Å²) in [5.41, 5.74) is 9.85. The van der Waals surface area contributed by atoms with E-state index in [1.165, 1.54) is 16.2 Å². The highest BCUT2D eigenvalue weighted by atomic mass is 32.1. The summed E-state index contributed by atoms with van der Waals surface area (Å²) in [6, 6.07) is 6.16. The Labute approximate surface area is 186 Å². The third-order valence-corrected chi connectivity index (χ3v) is 6.46. The number of hydrogen-bond donors (Lipinski definition) is 4. The highest BCUT2D eigenvalue weighted by molar-refractivity contribution is 7.13. The maximum atomic E-state index is 12.8. The van der Waals surface area contributed by atoms with E-state index in [1.807, 2.05) is 45.0 Å². The third-order valence-electron chi connectivity index (χ3n) is 5.54. The number of carbonyl (C=O) groups excluding carboxylic acids is 2. The predicted octanol–water partition coefficient (Wildman–Crippen LogP) is 1.25. The molecule has 2 heterocycles. The van der Waals surface area contributed by atoms with Crippen molar-refractivity contribution >= 4 is 23.2 Å². The molecule has 0 saturated carbocycles. The SMILES string of the molecule is CC(C)(C)C(N)C(=O)N1C[C@H](O)C[C@H]1C(=O)NCc1ccc(-c2scnc2CO)cc1. The number of aliphatic hydroxyl groups excluding tert-OH is 2. The molecule has 168 valence electrons. The zero-order valence-corrected chi connectivity index (χ0v) is 18.9. The zero-order valence-electron chi connectivity index (χ0n) is 18.0. The number of nitrogens with one attached hydrogen (secondary N) is 1. The van der Waals surface area contributed by atoms with E-state index in [9.17, 15) is 19.8 Å². The van der Waals surface area contributed by atoms with Gasteiger partial charge in [0.1, 0.15) is 6.04 Å². The Morgan fingerprint density at radius 2 is 2.00 bits per heavy atom. The first kappa shape index (κ1) is 23.3. The van der Waals surface area contributed by atoms with Gasteiger partial charge in [-0.05, 0) is 16.5 Å². The fraction of sp³-hybridized carbons (Fsp3) is 0.500. The molecule has 1 fully saturated rings. The molecule has 5 N–H and O–H groups in total. The summed E-state index contributed by atoms with van der Waals surface area (Å²) in [6.45, 7) is 5.91. The van der Waals surface area contributed by atoms with E-state index in [-0.39, 0.29) is 31.4 Å². The van der Waals surface area contributed by atoms with Crippen molar-refractivity contribution in [1.82, 2.24) is 15.2 Å². The molecule has 3 atom stereocenters. The number of nitrogens with two attached hydrogens (primary N) is 1. The molecule has 9 heteroatoms. The summed E-state index contributed by atoms with van der Waals surface area (Å²) in [5.74, 6) is -0.627. The van der Waals surface area contributed by atoms with Crippen LogP contribution in [-0.4, -0.2) is 56.6 Å². The zero-order chi connectivity index (χ0) is 22.8. The lowest BCUT2D eigenvalue weighted by atomic mass is 9.86. The lowest BCUT2D eigenvalue weighted by molar-refractivity contribution is -0.141. The van der Waals surface area contributed by atoms with Crippen molar-refractivity contribution in [2.24, 2.45) is 11.1 Å². The summed E-state index contributed by atoms with van der Waals surface area (Å²) in [4.78, 5) is 32.1. The molecular formula is C22H30N4O4S. The molecule has 0 aliphatic carbocycles. The standard InChI is InChI=1S/C22H30N4O4S/c1-22(2,3)19(23)21(30)26-10-15(28)8-17(26)20(29)24-9-13-4-6-14(7-5-13)18-16(11-27)25-12-31-18/h4-7,12,15,17,19,27-28H,8-11,23H2,1-3H3,(H,24,29)/t15-,17+,19?/m1/s1. The van der Waals surface area contributed by atoms with Crippen LogP contribution in [0.2, 0.25) is 0 Å². The number of rotatable bonds is 6. The van der Waals surface area contributed by atoms with Crippen LogP contribution >= 0.6 is 11.3 Å². The van der Waals surface area contributed by atoms with Crippen LogP contribution < -0.4 is 11.1 Å². The van der Waals surface area contributed by atoms with Crippen molar-refractivity contribution in [1.29, 1.82) is 0 Å². The number of benzene rings is 1. The number of β-amino-alcohol motifs (C(OH)–C–C–N with tert-alkyl or cyclic N) is 1. The number of hydrogen-bond acceptors (Lipinski definition) is 7. The number of likely N-dealkylation sites (tertiary alicyclic amines) is 1. The average molecular weight is 447 g/mol. The summed E-state index contributed by atoms with van der Waals surface area (Å²) < 4.78 is 0. The van der Waals surface area contributed by atoms with Gasteiger partial charge in [0.2, 0.25) is 11.8 Å². The van der Waals surface area contributed by atoms with Gasteiger partial charge in [-0.25, -0.2) is 4.98 Å². The molecule has 1 aromatic carbocycles. The third kappa shape index (κ3) is 5.30. The predicted molar refractivity (Wildman–Crippen MR) is 119 cm³/mol. The van der Waals surface area contributed by atoms with E-state index in [1.54, 1.807) is 5.51 Å². The lowest BCUT2D eigenvalue weighted by Crippen LogP contribution is -2.54. The van der Waals surface area contributed by atoms with Crippen molar-refractivity contribution in [2.75, 3.05) is 6.54 Å². The minimum Gasteiger partial charge on any atom is -0.391 e. The first-order valence-corrected chi connectivity index (χ1v) is 11.1.